The summed E-state index contributed by atoms with van der Waals surface area (Å²) in [5, 5.41) is 11.0. The van der Waals surface area contributed by atoms with Gasteiger partial charge in [-0.25, -0.2) is 0 Å². The molecule has 2 unspecified atom stereocenters. The van der Waals surface area contributed by atoms with Crippen LogP contribution in [0.2, 0.25) is 5.02 Å². The molecule has 2 aromatic carbocycles. The van der Waals surface area contributed by atoms with Crippen LogP contribution in [0.15, 0.2) is 79.9 Å². The average Bonchev–Trinajstić information content (AvgIpc) is 3.54. The van der Waals surface area contributed by atoms with E-state index in [4.69, 9.17) is 21.1 Å². The Morgan fingerprint density at radius 1 is 1.17 bits per heavy atom. The van der Waals surface area contributed by atoms with Gasteiger partial charge in [0.2, 0.25) is 5.91 Å². The fraction of sp³-hybridized carbons (Fsp3) is 0.406. The largest absolute Gasteiger partial charge is 0.465 e. The molecule has 1 N–H and O–H groups in total. The van der Waals surface area contributed by atoms with Crippen LogP contribution in [0, 0.1) is 11.8 Å². The van der Waals surface area contributed by atoms with Gasteiger partial charge < -0.3 is 24.4 Å². The van der Waals surface area contributed by atoms with Gasteiger partial charge in [-0.3, -0.25) is 14.4 Å². The topological polar surface area (TPSA) is 96.4 Å². The van der Waals surface area contributed by atoms with E-state index in [9.17, 15) is 19.5 Å². The van der Waals surface area contributed by atoms with E-state index in [-0.39, 0.29) is 13.2 Å². The van der Waals surface area contributed by atoms with Crippen molar-refractivity contribution >= 4 is 35.1 Å². The molecule has 216 valence electrons. The highest BCUT2D eigenvalue weighted by molar-refractivity contribution is 6.34. The van der Waals surface area contributed by atoms with Crippen LogP contribution in [-0.4, -0.2) is 64.8 Å². The Balaban J connectivity index is 1.65. The maximum Gasteiger partial charge on any atom is 0.312 e. The number of amides is 2. The molecule has 9 heteroatoms. The third-order valence-corrected chi connectivity index (χ3v) is 9.00. The summed E-state index contributed by atoms with van der Waals surface area (Å²) in [7, 11) is 0. The first-order chi connectivity index (χ1) is 19.7. The summed E-state index contributed by atoms with van der Waals surface area (Å²) in [6.07, 6.45) is 4.58. The van der Waals surface area contributed by atoms with Gasteiger partial charge in [-0.05, 0) is 43.9 Å². The molecule has 3 aliphatic heterocycles. The quantitative estimate of drug-likeness (QED) is 0.240. The molecule has 0 aliphatic carbocycles. The summed E-state index contributed by atoms with van der Waals surface area (Å²) in [6, 6.07) is 14.0. The second-order valence-electron chi connectivity index (χ2n) is 11.0. The highest BCUT2D eigenvalue weighted by Crippen LogP contribution is 2.64. The Labute approximate surface area is 245 Å². The summed E-state index contributed by atoms with van der Waals surface area (Å²) in [4.78, 5) is 45.7. The maximum atomic E-state index is 14.7. The minimum Gasteiger partial charge on any atom is -0.465 e. The summed E-state index contributed by atoms with van der Waals surface area (Å²) in [6.45, 7) is 9.15. The predicted molar refractivity (Wildman–Crippen MR) is 155 cm³/mol. The molecule has 0 radical (unpaired) electrons. The van der Waals surface area contributed by atoms with Gasteiger partial charge in [0, 0.05) is 6.54 Å². The molecule has 3 heterocycles. The van der Waals surface area contributed by atoms with E-state index in [1.165, 1.54) is 9.80 Å². The van der Waals surface area contributed by atoms with E-state index in [0.29, 0.717) is 35.5 Å². The van der Waals surface area contributed by atoms with Crippen molar-refractivity contribution in [2.75, 3.05) is 24.7 Å². The highest BCUT2D eigenvalue weighted by Gasteiger charge is 2.79. The third kappa shape index (κ3) is 4.68. The Bertz CT molecular complexity index is 1350. The van der Waals surface area contributed by atoms with Crippen LogP contribution in [0.5, 0.6) is 0 Å². The van der Waals surface area contributed by atoms with E-state index in [2.05, 4.69) is 13.2 Å². The molecule has 6 atom stereocenters. The van der Waals surface area contributed by atoms with Crippen LogP contribution >= 0.6 is 11.6 Å². The van der Waals surface area contributed by atoms with E-state index in [0.717, 1.165) is 0 Å². The first kappa shape index (κ1) is 29.0. The molecule has 5 rings (SSSR count). The van der Waals surface area contributed by atoms with E-state index >= 15 is 0 Å². The molecule has 8 nitrogen and oxygen atoms in total. The number of hydrogen-bond acceptors (Lipinski definition) is 6. The summed E-state index contributed by atoms with van der Waals surface area (Å²) in [5.41, 5.74) is -1.15. The number of rotatable bonds is 11. The highest BCUT2D eigenvalue weighted by atomic mass is 35.5. The lowest BCUT2D eigenvalue weighted by molar-refractivity contribution is -0.160. The zero-order valence-electron chi connectivity index (χ0n) is 23.1. The number of halogens is 1. The Kier molecular flexibility index (Phi) is 8.10. The smallest absolute Gasteiger partial charge is 0.312 e. The second-order valence-corrected chi connectivity index (χ2v) is 11.4. The van der Waals surface area contributed by atoms with Crippen molar-refractivity contribution in [1.29, 1.82) is 0 Å². The van der Waals surface area contributed by atoms with Crippen molar-refractivity contribution in [1.82, 2.24) is 4.90 Å². The number of para-hydroxylation sites is 1. The number of anilines is 1. The van der Waals surface area contributed by atoms with Crippen LogP contribution in [0.4, 0.5) is 5.69 Å². The van der Waals surface area contributed by atoms with Crippen molar-refractivity contribution in [2.45, 2.75) is 49.5 Å². The molecule has 0 saturated carbocycles. The first-order valence-corrected chi connectivity index (χ1v) is 14.2. The van der Waals surface area contributed by atoms with Gasteiger partial charge in [-0.1, -0.05) is 66.2 Å². The van der Waals surface area contributed by atoms with Crippen LogP contribution in [0.1, 0.15) is 37.8 Å². The van der Waals surface area contributed by atoms with Crippen LogP contribution < -0.4 is 4.90 Å². The predicted octanol–water partition coefficient (Wildman–Crippen LogP) is 4.48. The van der Waals surface area contributed by atoms with Gasteiger partial charge in [0.15, 0.2) is 0 Å². The number of aliphatic hydroxyl groups excluding tert-OH is 1. The lowest BCUT2D eigenvalue weighted by Crippen LogP contribution is -2.57. The monoisotopic (exact) mass is 578 g/mol. The van der Waals surface area contributed by atoms with E-state index in [1.807, 2.05) is 25.1 Å². The second kappa shape index (κ2) is 11.4. The minimum atomic E-state index is -1.30. The SMILES string of the molecule is C=CCCOC(=O)[C@H]1[C@H]2C(=O)N([C@H](CO)c3ccccc3)C(C(=O)N(CC=C)c3ccccc3Cl)C23CC[C@]1(C)O3. The molecule has 2 aromatic rings. The number of aliphatic hydroxyl groups is 1. The maximum absolute atomic E-state index is 14.7. The molecular weight excluding hydrogens is 544 g/mol. The molecule has 3 fully saturated rings. The molecule has 0 aromatic heterocycles. The standard InChI is InChI=1S/C32H35ClN2O6/c1-4-6-19-40-30(39)26-25-28(37)35(24(20-36)21-12-8-7-9-13-21)27(32(25)17-16-31(26,3)41-32)29(38)34(18-5-2)23-15-11-10-14-22(23)33/h4-5,7-15,24-27,36H,1-2,6,16-20H2,3H3/t24-,25+,26-,27?,31+,32?/m1/s1. The minimum absolute atomic E-state index is 0.126. The van der Waals surface area contributed by atoms with Crippen molar-refractivity contribution in [3.05, 3.63) is 90.5 Å². The summed E-state index contributed by atoms with van der Waals surface area (Å²) < 4.78 is 12.3. The Morgan fingerprint density at radius 3 is 2.54 bits per heavy atom. The van der Waals surface area contributed by atoms with Crippen molar-refractivity contribution in [3.63, 3.8) is 0 Å². The van der Waals surface area contributed by atoms with Gasteiger partial charge >= 0.3 is 5.97 Å². The van der Waals surface area contributed by atoms with E-state index in [1.54, 1.807) is 48.6 Å². The first-order valence-electron chi connectivity index (χ1n) is 13.9. The van der Waals surface area contributed by atoms with Gasteiger partial charge in [0.05, 0.1) is 41.5 Å². The molecule has 1 spiro atoms. The third-order valence-electron chi connectivity index (χ3n) is 8.68. The van der Waals surface area contributed by atoms with Crippen molar-refractivity contribution in [3.8, 4) is 0 Å². The fourth-order valence-corrected chi connectivity index (χ4v) is 7.19. The Morgan fingerprint density at radius 2 is 1.88 bits per heavy atom. The molecule has 41 heavy (non-hydrogen) atoms. The number of nitrogens with zero attached hydrogens (tertiary/aromatic N) is 2. The lowest BCUT2D eigenvalue weighted by Gasteiger charge is -2.39. The van der Waals surface area contributed by atoms with Crippen LogP contribution in [-0.2, 0) is 23.9 Å². The average molecular weight is 579 g/mol. The van der Waals surface area contributed by atoms with Crippen LogP contribution in [0.3, 0.4) is 0 Å². The number of hydrogen-bond donors (Lipinski definition) is 1. The molecule has 3 saturated heterocycles. The van der Waals surface area contributed by atoms with Crippen molar-refractivity contribution in [2.24, 2.45) is 11.8 Å². The molecule has 2 amide bonds. The number of carbonyl (C=O) groups is 3. The summed E-state index contributed by atoms with van der Waals surface area (Å²) >= 11 is 6.54. The van der Waals surface area contributed by atoms with Gasteiger partial charge in [-0.2, -0.15) is 0 Å². The Hall–Kier alpha value is -3.46. The zero-order chi connectivity index (χ0) is 29.4. The number of benzene rings is 2. The number of esters is 1. The number of likely N-dealkylation sites (tertiary alicyclic amines) is 1. The van der Waals surface area contributed by atoms with Gasteiger partial charge in [0.1, 0.15) is 17.6 Å². The molecule has 2 bridgehead atoms. The number of ether oxygens (including phenoxy) is 2. The zero-order valence-corrected chi connectivity index (χ0v) is 23.8. The van der Waals surface area contributed by atoms with Crippen molar-refractivity contribution < 1.29 is 29.0 Å². The van der Waals surface area contributed by atoms with E-state index < -0.39 is 59.5 Å². The summed E-state index contributed by atoms with van der Waals surface area (Å²) in [5.74, 6) is -3.24. The van der Waals surface area contributed by atoms with Gasteiger partial charge in [-0.15, -0.1) is 13.2 Å². The normalized spacial score (nSPS) is 28.7. The fourth-order valence-electron chi connectivity index (χ4n) is 6.95. The number of carbonyl (C=O) groups excluding carboxylic acids is 3. The van der Waals surface area contributed by atoms with Gasteiger partial charge in [0.25, 0.3) is 5.91 Å². The number of fused-ring (bicyclic) bond motifs is 1. The molecular formula is C32H35ClN2O6. The lowest BCUT2D eigenvalue weighted by atomic mass is 9.66. The van der Waals surface area contributed by atoms with Crippen LogP contribution in [0.25, 0.3) is 0 Å². The molecule has 3 aliphatic rings.